The summed E-state index contributed by atoms with van der Waals surface area (Å²) in [6.45, 7) is 6.70. The Morgan fingerprint density at radius 2 is 2.10 bits per heavy atom. The highest BCUT2D eigenvalue weighted by atomic mass is 16.4. The molecule has 0 saturated carbocycles. The fraction of sp³-hybridized carbons (Fsp3) is 0.500. The van der Waals surface area contributed by atoms with Crippen LogP contribution in [0.5, 0.6) is 0 Å². The van der Waals surface area contributed by atoms with Gasteiger partial charge in [-0.05, 0) is 48.4 Å². The molecule has 2 heterocycles. The van der Waals surface area contributed by atoms with Crippen LogP contribution in [0, 0.1) is 11.8 Å². The molecule has 0 radical (unpaired) electrons. The summed E-state index contributed by atoms with van der Waals surface area (Å²) in [5.41, 5.74) is 0.813. The number of hydrogen-bond donors (Lipinski definition) is 1. The van der Waals surface area contributed by atoms with E-state index in [9.17, 15) is 4.79 Å². The third-order valence-corrected chi connectivity index (χ3v) is 4.00. The van der Waals surface area contributed by atoms with E-state index in [-0.39, 0.29) is 0 Å². The largest absolute Gasteiger partial charge is 0.478 e. The lowest BCUT2D eigenvalue weighted by Crippen LogP contribution is -2.35. The third kappa shape index (κ3) is 3.83. The lowest BCUT2D eigenvalue weighted by Gasteiger charge is -2.34. The average molecular weight is 274 g/mol. The summed E-state index contributed by atoms with van der Waals surface area (Å²) in [5.74, 6) is 1.63. The molecule has 1 aromatic heterocycles. The summed E-state index contributed by atoms with van der Waals surface area (Å²) in [5, 5.41) is 8.59. The van der Waals surface area contributed by atoms with Crippen LogP contribution in [0.25, 0.3) is 6.08 Å². The van der Waals surface area contributed by atoms with Gasteiger partial charge in [0.25, 0.3) is 0 Å². The van der Waals surface area contributed by atoms with Crippen LogP contribution in [0.2, 0.25) is 0 Å². The van der Waals surface area contributed by atoms with Gasteiger partial charge in [-0.2, -0.15) is 0 Å². The number of hydrogen-bond acceptors (Lipinski definition) is 3. The second-order valence-electron chi connectivity index (χ2n) is 5.69. The van der Waals surface area contributed by atoms with E-state index in [1.54, 1.807) is 12.3 Å². The van der Waals surface area contributed by atoms with E-state index in [1.165, 1.54) is 12.8 Å². The molecule has 4 heteroatoms. The van der Waals surface area contributed by atoms with E-state index >= 15 is 0 Å². The van der Waals surface area contributed by atoms with Crippen molar-refractivity contribution in [2.45, 2.75) is 26.7 Å². The minimum Gasteiger partial charge on any atom is -0.478 e. The maximum absolute atomic E-state index is 10.5. The van der Waals surface area contributed by atoms with Crippen molar-refractivity contribution in [1.29, 1.82) is 0 Å². The van der Waals surface area contributed by atoms with Crippen molar-refractivity contribution in [1.82, 2.24) is 4.98 Å². The summed E-state index contributed by atoms with van der Waals surface area (Å²) in [4.78, 5) is 17.2. The molecule has 0 unspecified atom stereocenters. The molecule has 2 rings (SSSR count). The average Bonchev–Trinajstić information content (AvgIpc) is 2.46. The van der Waals surface area contributed by atoms with Gasteiger partial charge in [-0.15, -0.1) is 0 Å². The molecule has 1 saturated heterocycles. The number of aliphatic carboxylic acids is 1. The van der Waals surface area contributed by atoms with Gasteiger partial charge in [0.2, 0.25) is 0 Å². The van der Waals surface area contributed by atoms with Gasteiger partial charge in [0.15, 0.2) is 0 Å². The minimum atomic E-state index is -0.940. The van der Waals surface area contributed by atoms with Gasteiger partial charge in [-0.1, -0.05) is 13.8 Å². The van der Waals surface area contributed by atoms with Crippen LogP contribution < -0.4 is 4.90 Å². The van der Waals surface area contributed by atoms with E-state index in [4.69, 9.17) is 5.11 Å². The molecule has 1 aromatic rings. The zero-order valence-electron chi connectivity index (χ0n) is 12.1. The van der Waals surface area contributed by atoms with Crippen LogP contribution >= 0.6 is 0 Å². The van der Waals surface area contributed by atoms with Crippen molar-refractivity contribution in [3.8, 4) is 0 Å². The molecule has 108 valence electrons. The summed E-state index contributed by atoms with van der Waals surface area (Å²) in [6, 6.07) is 3.88. The molecule has 20 heavy (non-hydrogen) atoms. The summed E-state index contributed by atoms with van der Waals surface area (Å²) < 4.78 is 0. The van der Waals surface area contributed by atoms with Crippen molar-refractivity contribution in [2.24, 2.45) is 11.8 Å². The highest BCUT2D eigenvalue weighted by Crippen LogP contribution is 2.26. The molecule has 1 aliphatic rings. The van der Waals surface area contributed by atoms with Gasteiger partial charge >= 0.3 is 5.97 Å². The van der Waals surface area contributed by atoms with Crippen LogP contribution in [0.4, 0.5) is 5.82 Å². The summed E-state index contributed by atoms with van der Waals surface area (Å²) in [7, 11) is 0. The normalized spacial score (nSPS) is 17.1. The molecule has 0 aliphatic carbocycles. The van der Waals surface area contributed by atoms with E-state index in [1.807, 2.05) is 12.1 Å². The van der Waals surface area contributed by atoms with Crippen molar-refractivity contribution in [3.05, 3.63) is 30.0 Å². The molecular formula is C16H22N2O2. The highest BCUT2D eigenvalue weighted by Gasteiger charge is 2.21. The van der Waals surface area contributed by atoms with E-state index in [0.717, 1.165) is 42.4 Å². The van der Waals surface area contributed by atoms with Crippen LogP contribution in [-0.4, -0.2) is 29.1 Å². The number of anilines is 1. The zero-order chi connectivity index (χ0) is 14.5. The molecule has 1 aliphatic heterocycles. The lowest BCUT2D eigenvalue weighted by molar-refractivity contribution is -0.131. The van der Waals surface area contributed by atoms with Gasteiger partial charge in [0.05, 0.1) is 0 Å². The summed E-state index contributed by atoms with van der Waals surface area (Å²) >= 11 is 0. The number of carbonyl (C=O) groups is 1. The molecule has 4 nitrogen and oxygen atoms in total. The number of pyridine rings is 1. The van der Waals surface area contributed by atoms with Crippen LogP contribution in [-0.2, 0) is 4.79 Å². The fourth-order valence-electron chi connectivity index (χ4n) is 2.65. The molecule has 0 bridgehead atoms. The SMILES string of the molecule is CC(C)C1CCN(c2ccc(/C=C/C(=O)O)cn2)CC1. The number of rotatable bonds is 4. The number of carboxylic acids is 1. The monoisotopic (exact) mass is 274 g/mol. The molecule has 0 spiro atoms. The van der Waals surface area contributed by atoms with Crippen molar-refractivity contribution < 1.29 is 9.90 Å². The standard InChI is InChI=1S/C16H22N2O2/c1-12(2)14-7-9-18(10-8-14)15-5-3-13(11-17-15)4-6-16(19)20/h3-6,11-12,14H,7-10H2,1-2H3,(H,19,20)/b6-4+. The van der Waals surface area contributed by atoms with Crippen LogP contribution in [0.1, 0.15) is 32.3 Å². The van der Waals surface area contributed by atoms with Crippen molar-refractivity contribution in [2.75, 3.05) is 18.0 Å². The van der Waals surface area contributed by atoms with Crippen LogP contribution in [0.3, 0.4) is 0 Å². The first-order valence-electron chi connectivity index (χ1n) is 7.18. The Balaban J connectivity index is 1.96. The number of nitrogens with zero attached hydrogens (tertiary/aromatic N) is 2. The molecule has 0 atom stereocenters. The lowest BCUT2D eigenvalue weighted by atomic mass is 9.87. The second-order valence-corrected chi connectivity index (χ2v) is 5.69. The Labute approximate surface area is 120 Å². The Morgan fingerprint density at radius 1 is 1.40 bits per heavy atom. The predicted octanol–water partition coefficient (Wildman–Crippen LogP) is 3.05. The highest BCUT2D eigenvalue weighted by molar-refractivity contribution is 5.85. The topological polar surface area (TPSA) is 53.4 Å². The maximum Gasteiger partial charge on any atom is 0.328 e. The van der Waals surface area contributed by atoms with Gasteiger partial charge in [0, 0.05) is 25.4 Å². The van der Waals surface area contributed by atoms with E-state index < -0.39 is 5.97 Å². The first-order chi connectivity index (χ1) is 9.56. The predicted molar refractivity (Wildman–Crippen MR) is 80.7 cm³/mol. The van der Waals surface area contributed by atoms with Gasteiger partial charge < -0.3 is 10.0 Å². The zero-order valence-corrected chi connectivity index (χ0v) is 12.1. The van der Waals surface area contributed by atoms with Gasteiger partial charge in [-0.3, -0.25) is 0 Å². The quantitative estimate of drug-likeness (QED) is 0.857. The number of carboxylic acid groups (broad SMARTS) is 1. The second kappa shape index (κ2) is 6.55. The number of aromatic nitrogens is 1. The first kappa shape index (κ1) is 14.6. The van der Waals surface area contributed by atoms with Crippen LogP contribution in [0.15, 0.2) is 24.4 Å². The van der Waals surface area contributed by atoms with Crippen molar-refractivity contribution >= 4 is 17.9 Å². The summed E-state index contributed by atoms with van der Waals surface area (Å²) in [6.07, 6.45) is 6.86. The molecule has 1 N–H and O–H groups in total. The Hall–Kier alpha value is -1.84. The first-order valence-corrected chi connectivity index (χ1v) is 7.18. The molecule has 0 amide bonds. The number of piperidine rings is 1. The Kier molecular flexibility index (Phi) is 4.77. The minimum absolute atomic E-state index is 0.758. The molecular weight excluding hydrogens is 252 g/mol. The van der Waals surface area contributed by atoms with E-state index in [0.29, 0.717) is 0 Å². The Morgan fingerprint density at radius 3 is 2.60 bits per heavy atom. The maximum atomic E-state index is 10.5. The third-order valence-electron chi connectivity index (χ3n) is 4.00. The van der Waals surface area contributed by atoms with E-state index in [2.05, 4.69) is 23.7 Å². The fourth-order valence-corrected chi connectivity index (χ4v) is 2.65. The molecule has 1 fully saturated rings. The molecule has 0 aromatic carbocycles. The smallest absolute Gasteiger partial charge is 0.328 e. The van der Waals surface area contributed by atoms with Gasteiger partial charge in [0.1, 0.15) is 5.82 Å². The van der Waals surface area contributed by atoms with Crippen molar-refractivity contribution in [3.63, 3.8) is 0 Å². The Bertz CT molecular complexity index is 472. The van der Waals surface area contributed by atoms with Gasteiger partial charge in [-0.25, -0.2) is 9.78 Å².